The van der Waals surface area contributed by atoms with Crippen LogP contribution in [0.25, 0.3) is 0 Å². The van der Waals surface area contributed by atoms with Crippen LogP contribution in [-0.4, -0.2) is 50.8 Å². The van der Waals surface area contributed by atoms with Gasteiger partial charge in [0.15, 0.2) is 0 Å². The van der Waals surface area contributed by atoms with Crippen molar-refractivity contribution in [3.63, 3.8) is 0 Å². The fraction of sp³-hybridized carbons (Fsp3) is 1.00. The van der Waals surface area contributed by atoms with Crippen molar-refractivity contribution in [1.82, 2.24) is 10.2 Å². The van der Waals surface area contributed by atoms with E-state index in [-0.39, 0.29) is 0 Å². The van der Waals surface area contributed by atoms with Crippen molar-refractivity contribution in [3.05, 3.63) is 0 Å². The molecule has 0 aromatic carbocycles. The number of ether oxygens (including phenoxy) is 1. The molecule has 3 nitrogen and oxygen atoms in total. The summed E-state index contributed by atoms with van der Waals surface area (Å²) in [6.07, 6.45) is 6.94. The van der Waals surface area contributed by atoms with Crippen molar-refractivity contribution in [1.29, 1.82) is 0 Å². The van der Waals surface area contributed by atoms with Crippen LogP contribution >= 0.6 is 0 Å². The van der Waals surface area contributed by atoms with Crippen molar-refractivity contribution in [3.8, 4) is 0 Å². The van der Waals surface area contributed by atoms with Crippen LogP contribution in [0.5, 0.6) is 0 Å². The predicted molar refractivity (Wildman–Crippen MR) is 75.8 cm³/mol. The normalized spacial score (nSPS) is 28.2. The highest BCUT2D eigenvalue weighted by Gasteiger charge is 2.27. The van der Waals surface area contributed by atoms with E-state index in [0.717, 1.165) is 44.2 Å². The van der Waals surface area contributed by atoms with E-state index >= 15 is 0 Å². The van der Waals surface area contributed by atoms with Crippen LogP contribution < -0.4 is 5.32 Å². The van der Waals surface area contributed by atoms with Crippen molar-refractivity contribution < 1.29 is 4.74 Å². The standard InChI is InChI=1S/C15H30N2O/c1-3-16-15-6-4-5-14(15)11-17(2)9-10-18-12-13-7-8-13/h13-16H,3-12H2,1-2H3. The van der Waals surface area contributed by atoms with Crippen LogP contribution in [0.2, 0.25) is 0 Å². The van der Waals surface area contributed by atoms with Gasteiger partial charge in [-0.2, -0.15) is 0 Å². The SMILES string of the molecule is CCNC1CCCC1CN(C)CCOCC1CC1. The van der Waals surface area contributed by atoms with Crippen molar-refractivity contribution in [2.45, 2.75) is 45.1 Å². The molecule has 2 atom stereocenters. The van der Waals surface area contributed by atoms with Gasteiger partial charge in [-0.1, -0.05) is 13.3 Å². The highest BCUT2D eigenvalue weighted by atomic mass is 16.5. The molecule has 0 radical (unpaired) electrons. The van der Waals surface area contributed by atoms with E-state index in [2.05, 4.69) is 24.2 Å². The molecule has 2 saturated carbocycles. The Kier molecular flexibility index (Phi) is 5.93. The fourth-order valence-corrected chi connectivity index (χ4v) is 3.03. The van der Waals surface area contributed by atoms with Crippen LogP contribution in [0.4, 0.5) is 0 Å². The lowest BCUT2D eigenvalue weighted by Gasteiger charge is -2.26. The van der Waals surface area contributed by atoms with E-state index in [0.29, 0.717) is 0 Å². The minimum Gasteiger partial charge on any atom is -0.380 e. The summed E-state index contributed by atoms with van der Waals surface area (Å²) in [4.78, 5) is 2.45. The summed E-state index contributed by atoms with van der Waals surface area (Å²) in [6, 6.07) is 0.754. The van der Waals surface area contributed by atoms with Crippen LogP contribution in [0.15, 0.2) is 0 Å². The van der Waals surface area contributed by atoms with E-state index in [1.165, 1.54) is 38.6 Å². The summed E-state index contributed by atoms with van der Waals surface area (Å²) in [5.74, 6) is 1.74. The molecular formula is C15H30N2O. The molecule has 2 unspecified atom stereocenters. The molecule has 18 heavy (non-hydrogen) atoms. The monoisotopic (exact) mass is 254 g/mol. The third-order valence-corrected chi connectivity index (χ3v) is 4.34. The Bertz CT molecular complexity index is 231. The van der Waals surface area contributed by atoms with Crippen LogP contribution in [0, 0.1) is 11.8 Å². The highest BCUT2D eigenvalue weighted by Crippen LogP contribution is 2.28. The van der Waals surface area contributed by atoms with Gasteiger partial charge in [-0.15, -0.1) is 0 Å². The topological polar surface area (TPSA) is 24.5 Å². The van der Waals surface area contributed by atoms with Gasteiger partial charge in [0.25, 0.3) is 0 Å². The molecule has 106 valence electrons. The number of hydrogen-bond acceptors (Lipinski definition) is 3. The zero-order chi connectivity index (χ0) is 12.8. The van der Waals surface area contributed by atoms with Crippen LogP contribution in [0.3, 0.4) is 0 Å². The van der Waals surface area contributed by atoms with Gasteiger partial charge < -0.3 is 15.0 Å². The molecule has 2 aliphatic carbocycles. The summed E-state index contributed by atoms with van der Waals surface area (Å²) in [6.45, 7) is 7.54. The lowest BCUT2D eigenvalue weighted by molar-refractivity contribution is 0.0979. The van der Waals surface area contributed by atoms with Gasteiger partial charge >= 0.3 is 0 Å². The van der Waals surface area contributed by atoms with Gasteiger partial charge in [0.05, 0.1) is 6.61 Å². The molecule has 2 rings (SSSR count). The Morgan fingerprint density at radius 2 is 2.06 bits per heavy atom. The van der Waals surface area contributed by atoms with Gasteiger partial charge in [-0.25, -0.2) is 0 Å². The van der Waals surface area contributed by atoms with E-state index in [1.807, 2.05) is 0 Å². The number of nitrogens with one attached hydrogen (secondary N) is 1. The minimum absolute atomic E-state index is 0.754. The lowest BCUT2D eigenvalue weighted by atomic mass is 10.0. The predicted octanol–water partition coefficient (Wildman–Crippen LogP) is 2.12. The Labute approximate surface area is 112 Å². The Morgan fingerprint density at radius 3 is 2.78 bits per heavy atom. The maximum atomic E-state index is 5.71. The molecule has 0 heterocycles. The third kappa shape index (κ3) is 4.87. The zero-order valence-electron chi connectivity index (χ0n) is 12.2. The number of rotatable bonds is 9. The first-order chi connectivity index (χ1) is 8.79. The van der Waals surface area contributed by atoms with Crippen LogP contribution in [0.1, 0.15) is 39.0 Å². The van der Waals surface area contributed by atoms with Gasteiger partial charge in [-0.05, 0) is 51.1 Å². The molecule has 1 N–H and O–H groups in total. The highest BCUT2D eigenvalue weighted by molar-refractivity contribution is 4.84. The zero-order valence-corrected chi connectivity index (χ0v) is 12.2. The second kappa shape index (κ2) is 7.46. The summed E-state index contributed by atoms with van der Waals surface area (Å²) < 4.78 is 5.71. The number of nitrogens with zero attached hydrogens (tertiary/aromatic N) is 1. The maximum Gasteiger partial charge on any atom is 0.0593 e. The lowest BCUT2D eigenvalue weighted by Crippen LogP contribution is -2.39. The molecule has 0 bridgehead atoms. The molecule has 2 fully saturated rings. The molecule has 3 heteroatoms. The molecule has 0 spiro atoms. The van der Waals surface area contributed by atoms with E-state index < -0.39 is 0 Å². The molecule has 0 aromatic heterocycles. The van der Waals surface area contributed by atoms with Crippen molar-refractivity contribution in [2.75, 3.05) is 39.9 Å². The summed E-state index contributed by atoms with van der Waals surface area (Å²) >= 11 is 0. The quantitative estimate of drug-likeness (QED) is 0.638. The smallest absolute Gasteiger partial charge is 0.0593 e. The third-order valence-electron chi connectivity index (χ3n) is 4.34. The summed E-state index contributed by atoms with van der Waals surface area (Å²) in [7, 11) is 2.24. The van der Waals surface area contributed by atoms with Gasteiger partial charge in [0.1, 0.15) is 0 Å². The molecule has 0 saturated heterocycles. The van der Waals surface area contributed by atoms with E-state index in [4.69, 9.17) is 4.74 Å². The van der Waals surface area contributed by atoms with Crippen molar-refractivity contribution >= 4 is 0 Å². The van der Waals surface area contributed by atoms with E-state index in [1.54, 1.807) is 0 Å². The molecule has 0 aromatic rings. The minimum atomic E-state index is 0.754. The van der Waals surface area contributed by atoms with Crippen molar-refractivity contribution in [2.24, 2.45) is 11.8 Å². The van der Waals surface area contributed by atoms with Gasteiger partial charge in [-0.3, -0.25) is 0 Å². The fourth-order valence-electron chi connectivity index (χ4n) is 3.03. The Hall–Kier alpha value is -0.120. The first kappa shape index (κ1) is 14.3. The molecule has 0 amide bonds. The Balaban J connectivity index is 1.55. The van der Waals surface area contributed by atoms with Gasteiger partial charge in [0, 0.05) is 25.7 Å². The first-order valence-corrected chi connectivity index (χ1v) is 7.79. The molecular weight excluding hydrogens is 224 g/mol. The summed E-state index contributed by atoms with van der Waals surface area (Å²) in [5, 5.41) is 3.63. The van der Waals surface area contributed by atoms with E-state index in [9.17, 15) is 0 Å². The average Bonchev–Trinajstić information content (AvgIpc) is 3.08. The second-order valence-electron chi connectivity index (χ2n) is 6.14. The number of likely N-dealkylation sites (N-methyl/N-ethyl adjacent to an activating group) is 1. The number of hydrogen-bond donors (Lipinski definition) is 1. The average molecular weight is 254 g/mol. The summed E-state index contributed by atoms with van der Waals surface area (Å²) in [5.41, 5.74) is 0. The maximum absolute atomic E-state index is 5.71. The second-order valence-corrected chi connectivity index (χ2v) is 6.14. The molecule has 2 aliphatic rings. The largest absolute Gasteiger partial charge is 0.380 e. The first-order valence-electron chi connectivity index (χ1n) is 7.79. The van der Waals surface area contributed by atoms with Crippen LogP contribution in [-0.2, 0) is 4.74 Å². The Morgan fingerprint density at radius 1 is 1.22 bits per heavy atom. The molecule has 0 aliphatic heterocycles. The van der Waals surface area contributed by atoms with Gasteiger partial charge in [0.2, 0.25) is 0 Å².